The summed E-state index contributed by atoms with van der Waals surface area (Å²) in [6.07, 6.45) is 0.972. The first-order chi connectivity index (χ1) is 5.25. The Morgan fingerprint density at radius 1 is 1.73 bits per heavy atom. The summed E-state index contributed by atoms with van der Waals surface area (Å²) in [6, 6.07) is 0.0470. The highest BCUT2D eigenvalue weighted by molar-refractivity contribution is 5.72. The van der Waals surface area contributed by atoms with Gasteiger partial charge in [0, 0.05) is 19.6 Å². The summed E-state index contributed by atoms with van der Waals surface area (Å²) < 4.78 is 0. The lowest BCUT2D eigenvalue weighted by Gasteiger charge is -2.36. The van der Waals surface area contributed by atoms with Crippen LogP contribution in [0.4, 0.5) is 4.79 Å². The van der Waals surface area contributed by atoms with Crippen molar-refractivity contribution >= 4 is 6.03 Å². The molecule has 0 spiro atoms. The average molecular weight is 157 g/mol. The molecule has 2 amide bonds. The van der Waals surface area contributed by atoms with Crippen molar-refractivity contribution in [3.05, 3.63) is 0 Å². The Kier molecular flexibility index (Phi) is 2.70. The molecule has 0 aromatic carbocycles. The van der Waals surface area contributed by atoms with Gasteiger partial charge in [0.2, 0.25) is 0 Å². The summed E-state index contributed by atoms with van der Waals surface area (Å²) in [7, 11) is 0. The van der Waals surface area contributed by atoms with Crippen molar-refractivity contribution in [3.8, 4) is 0 Å². The van der Waals surface area contributed by atoms with Crippen LogP contribution in [-0.2, 0) is 0 Å². The van der Waals surface area contributed by atoms with E-state index in [-0.39, 0.29) is 6.03 Å². The monoisotopic (exact) mass is 157 g/mol. The van der Waals surface area contributed by atoms with Gasteiger partial charge in [-0.15, -0.1) is 0 Å². The molecular weight excluding hydrogens is 142 g/mol. The summed E-state index contributed by atoms with van der Waals surface area (Å²) in [4.78, 5) is 12.6. The van der Waals surface area contributed by atoms with Gasteiger partial charge in [-0.2, -0.15) is 0 Å². The summed E-state index contributed by atoms with van der Waals surface area (Å²) in [5, 5.41) is 3.11. The van der Waals surface area contributed by atoms with Crippen LogP contribution in [0.25, 0.3) is 0 Å². The van der Waals surface area contributed by atoms with Crippen LogP contribution in [0, 0.1) is 0 Å². The van der Waals surface area contributed by atoms with E-state index in [2.05, 4.69) is 5.32 Å². The van der Waals surface area contributed by atoms with Crippen LogP contribution in [0.15, 0.2) is 0 Å². The zero-order chi connectivity index (χ0) is 8.27. The van der Waals surface area contributed by atoms with Crippen molar-refractivity contribution in [2.24, 2.45) is 5.73 Å². The summed E-state index contributed by atoms with van der Waals surface area (Å²) in [5.74, 6) is 0. The number of hydrogen-bond acceptors (Lipinski definition) is 2. The first-order valence-corrected chi connectivity index (χ1v) is 4.02. The number of urea groups is 1. The third-order valence-electron chi connectivity index (χ3n) is 1.95. The molecule has 1 heterocycles. The molecule has 0 bridgehead atoms. The van der Waals surface area contributed by atoms with E-state index in [1.807, 2.05) is 6.92 Å². The van der Waals surface area contributed by atoms with E-state index >= 15 is 0 Å². The number of nitrogens with two attached hydrogens (primary N) is 1. The Morgan fingerprint density at radius 3 is 2.64 bits per heavy atom. The molecular formula is C7H15N3O. The number of rotatable bonds is 3. The van der Waals surface area contributed by atoms with Crippen molar-refractivity contribution in [2.45, 2.75) is 19.4 Å². The molecule has 0 saturated carbocycles. The number of nitrogens with one attached hydrogen (secondary N) is 1. The predicted molar refractivity (Wildman–Crippen MR) is 43.2 cm³/mol. The van der Waals surface area contributed by atoms with E-state index in [0.29, 0.717) is 6.04 Å². The number of carbonyl (C=O) groups excluding carboxylic acids is 1. The molecule has 0 aromatic heterocycles. The maximum atomic E-state index is 10.8. The zero-order valence-electron chi connectivity index (χ0n) is 6.84. The molecule has 4 heteroatoms. The Balaban J connectivity index is 2.37. The van der Waals surface area contributed by atoms with E-state index in [1.54, 1.807) is 4.90 Å². The zero-order valence-corrected chi connectivity index (χ0v) is 6.84. The van der Waals surface area contributed by atoms with Crippen molar-refractivity contribution in [3.63, 3.8) is 0 Å². The molecule has 64 valence electrons. The lowest BCUT2D eigenvalue weighted by atomic mass is 10.1. The topological polar surface area (TPSA) is 58.4 Å². The second-order valence-electron chi connectivity index (χ2n) is 2.84. The predicted octanol–water partition coefficient (Wildman–Crippen LogP) is -0.251. The van der Waals surface area contributed by atoms with Crippen LogP contribution in [0.1, 0.15) is 13.3 Å². The molecule has 0 unspecified atom stereocenters. The van der Waals surface area contributed by atoms with Crippen LogP contribution < -0.4 is 11.1 Å². The minimum absolute atomic E-state index is 0.293. The highest BCUT2D eigenvalue weighted by Crippen LogP contribution is 2.04. The molecule has 0 atom stereocenters. The minimum atomic E-state index is -0.293. The van der Waals surface area contributed by atoms with Gasteiger partial charge >= 0.3 is 6.03 Å². The van der Waals surface area contributed by atoms with E-state index in [9.17, 15) is 4.79 Å². The number of nitrogens with zero attached hydrogens (tertiary/aromatic N) is 1. The second kappa shape index (κ2) is 3.57. The van der Waals surface area contributed by atoms with Gasteiger partial charge in [-0.25, -0.2) is 4.79 Å². The number of carbonyl (C=O) groups is 1. The van der Waals surface area contributed by atoms with Crippen molar-refractivity contribution < 1.29 is 4.79 Å². The van der Waals surface area contributed by atoms with Gasteiger partial charge in [0.15, 0.2) is 0 Å². The molecule has 0 aromatic rings. The molecule has 1 fully saturated rings. The van der Waals surface area contributed by atoms with Gasteiger partial charge in [-0.3, -0.25) is 0 Å². The molecule has 0 radical (unpaired) electrons. The number of amides is 2. The molecule has 3 N–H and O–H groups in total. The smallest absolute Gasteiger partial charge is 0.315 e. The third kappa shape index (κ3) is 1.83. The lowest BCUT2D eigenvalue weighted by molar-refractivity contribution is 0.157. The van der Waals surface area contributed by atoms with Gasteiger partial charge in [0.25, 0.3) is 0 Å². The molecule has 4 nitrogen and oxygen atoms in total. The SMILES string of the molecule is CCCN(C(N)=O)C1CNC1. The normalized spacial score (nSPS) is 17.5. The maximum absolute atomic E-state index is 10.8. The molecule has 1 saturated heterocycles. The molecule has 1 aliphatic heterocycles. The van der Waals surface area contributed by atoms with Crippen LogP contribution in [0.3, 0.4) is 0 Å². The van der Waals surface area contributed by atoms with E-state index in [1.165, 1.54) is 0 Å². The fourth-order valence-corrected chi connectivity index (χ4v) is 1.21. The first-order valence-electron chi connectivity index (χ1n) is 4.02. The molecule has 11 heavy (non-hydrogen) atoms. The van der Waals surface area contributed by atoms with Gasteiger partial charge < -0.3 is 16.0 Å². The fraction of sp³-hybridized carbons (Fsp3) is 0.857. The Bertz CT molecular complexity index is 145. The lowest BCUT2D eigenvalue weighted by Crippen LogP contribution is -2.60. The van der Waals surface area contributed by atoms with Gasteiger partial charge in [0.1, 0.15) is 0 Å². The van der Waals surface area contributed by atoms with E-state index in [4.69, 9.17) is 5.73 Å². The first kappa shape index (κ1) is 8.33. The number of primary amides is 1. The summed E-state index contributed by atoms with van der Waals surface area (Å²) in [6.45, 7) is 4.61. The summed E-state index contributed by atoms with van der Waals surface area (Å²) in [5.41, 5.74) is 5.19. The Morgan fingerprint density at radius 2 is 2.36 bits per heavy atom. The van der Waals surface area contributed by atoms with Crippen LogP contribution in [0.5, 0.6) is 0 Å². The van der Waals surface area contributed by atoms with Crippen molar-refractivity contribution in [2.75, 3.05) is 19.6 Å². The minimum Gasteiger partial charge on any atom is -0.351 e. The molecule has 1 aliphatic rings. The van der Waals surface area contributed by atoms with Crippen LogP contribution in [-0.4, -0.2) is 36.6 Å². The van der Waals surface area contributed by atoms with Crippen LogP contribution in [0.2, 0.25) is 0 Å². The second-order valence-corrected chi connectivity index (χ2v) is 2.84. The van der Waals surface area contributed by atoms with Crippen molar-refractivity contribution in [1.29, 1.82) is 0 Å². The quantitative estimate of drug-likeness (QED) is 0.593. The largest absolute Gasteiger partial charge is 0.351 e. The average Bonchev–Trinajstić information content (AvgIpc) is 1.82. The standard InChI is InChI=1S/C7H15N3O/c1-2-3-10(7(8)11)6-4-9-5-6/h6,9H,2-5H2,1H3,(H2,8,11). The van der Waals surface area contributed by atoms with E-state index in [0.717, 1.165) is 26.1 Å². The van der Waals surface area contributed by atoms with E-state index < -0.39 is 0 Å². The maximum Gasteiger partial charge on any atom is 0.315 e. The van der Waals surface area contributed by atoms with Gasteiger partial charge in [-0.05, 0) is 6.42 Å². The fourth-order valence-electron chi connectivity index (χ4n) is 1.21. The van der Waals surface area contributed by atoms with Crippen LogP contribution >= 0.6 is 0 Å². The Labute approximate surface area is 66.7 Å². The molecule has 1 rings (SSSR count). The van der Waals surface area contributed by atoms with Gasteiger partial charge in [-0.1, -0.05) is 6.92 Å². The number of hydrogen-bond donors (Lipinski definition) is 2. The summed E-state index contributed by atoms with van der Waals surface area (Å²) >= 11 is 0. The Hall–Kier alpha value is -0.770. The van der Waals surface area contributed by atoms with Gasteiger partial charge in [0.05, 0.1) is 6.04 Å². The highest BCUT2D eigenvalue weighted by atomic mass is 16.2. The van der Waals surface area contributed by atoms with Crippen molar-refractivity contribution in [1.82, 2.24) is 10.2 Å². The third-order valence-corrected chi connectivity index (χ3v) is 1.95. The molecule has 0 aliphatic carbocycles. The highest BCUT2D eigenvalue weighted by Gasteiger charge is 2.25.